The summed E-state index contributed by atoms with van der Waals surface area (Å²) in [7, 11) is 3.39. The molecule has 0 spiro atoms. The lowest BCUT2D eigenvalue weighted by Gasteiger charge is -2.16. The Balaban J connectivity index is 1.96. The first-order valence-corrected chi connectivity index (χ1v) is 8.08. The molecule has 26 heavy (non-hydrogen) atoms. The van der Waals surface area contributed by atoms with Gasteiger partial charge in [-0.1, -0.05) is 12.1 Å². The largest absolute Gasteiger partial charge is 0.374 e. The zero-order chi connectivity index (χ0) is 19.3. The van der Waals surface area contributed by atoms with Gasteiger partial charge in [0.2, 0.25) is 11.8 Å². The Hall–Kier alpha value is -2.96. The van der Waals surface area contributed by atoms with E-state index in [-0.39, 0.29) is 11.6 Å². The molecule has 2 aromatic rings. The van der Waals surface area contributed by atoms with Gasteiger partial charge in [-0.25, -0.2) is 8.78 Å². The molecule has 2 amide bonds. The molecule has 0 saturated heterocycles. The maximum absolute atomic E-state index is 13.6. The molecule has 2 rings (SSSR count). The van der Waals surface area contributed by atoms with E-state index in [1.54, 1.807) is 45.3 Å². The van der Waals surface area contributed by atoms with Crippen LogP contribution in [0, 0.1) is 11.6 Å². The van der Waals surface area contributed by atoms with E-state index in [1.807, 2.05) is 0 Å². The number of carbonyl (C=O) groups is 2. The Bertz CT molecular complexity index is 792. The molecule has 2 aromatic carbocycles. The molecule has 7 heteroatoms. The van der Waals surface area contributed by atoms with Crippen LogP contribution in [0.15, 0.2) is 42.5 Å². The molecule has 5 nitrogen and oxygen atoms in total. The van der Waals surface area contributed by atoms with Crippen molar-refractivity contribution in [3.8, 4) is 0 Å². The molecule has 0 radical (unpaired) electrons. The molecule has 0 unspecified atom stereocenters. The van der Waals surface area contributed by atoms with Crippen LogP contribution in [0.5, 0.6) is 0 Å². The van der Waals surface area contributed by atoms with E-state index in [9.17, 15) is 18.4 Å². The second kappa shape index (κ2) is 8.42. The van der Waals surface area contributed by atoms with Crippen molar-refractivity contribution in [1.82, 2.24) is 4.90 Å². The smallest absolute Gasteiger partial charge is 0.246 e. The summed E-state index contributed by atoms with van der Waals surface area (Å²) in [6, 6.07) is 9.28. The van der Waals surface area contributed by atoms with Gasteiger partial charge in [0.25, 0.3) is 0 Å². The molecular formula is C19H21F2N3O2. The molecule has 1 atom stereocenters. The van der Waals surface area contributed by atoms with Crippen molar-refractivity contribution in [2.45, 2.75) is 19.4 Å². The van der Waals surface area contributed by atoms with Crippen LogP contribution in [-0.4, -0.2) is 36.9 Å². The number of nitrogens with one attached hydrogen (secondary N) is 2. The molecule has 0 aromatic heterocycles. The quantitative estimate of drug-likeness (QED) is 0.831. The standard InChI is InChI=1S/C19H21F2N3O2/c1-12(19(26)23-17-11-14(20)6-9-16(17)21)22-15-7-4-13(5-8-15)10-18(25)24(2)3/h4-9,11-12,22H,10H2,1-3H3,(H,23,26)/t12-/m0/s1. The lowest BCUT2D eigenvalue weighted by atomic mass is 10.1. The molecular weight excluding hydrogens is 340 g/mol. The highest BCUT2D eigenvalue weighted by Gasteiger charge is 2.15. The predicted molar refractivity (Wildman–Crippen MR) is 96.9 cm³/mol. The first-order valence-electron chi connectivity index (χ1n) is 8.08. The number of nitrogens with zero attached hydrogens (tertiary/aromatic N) is 1. The van der Waals surface area contributed by atoms with E-state index < -0.39 is 23.6 Å². The topological polar surface area (TPSA) is 61.4 Å². The van der Waals surface area contributed by atoms with Gasteiger partial charge in [0, 0.05) is 25.8 Å². The predicted octanol–water partition coefficient (Wildman–Crippen LogP) is 3.03. The summed E-state index contributed by atoms with van der Waals surface area (Å²) < 4.78 is 26.8. The summed E-state index contributed by atoms with van der Waals surface area (Å²) >= 11 is 0. The van der Waals surface area contributed by atoms with Crippen LogP contribution in [0.3, 0.4) is 0 Å². The Kier molecular flexibility index (Phi) is 6.27. The Labute approximate surface area is 151 Å². The summed E-state index contributed by atoms with van der Waals surface area (Å²) in [4.78, 5) is 25.4. The Morgan fingerprint density at radius 2 is 1.73 bits per heavy atom. The number of rotatable bonds is 6. The van der Waals surface area contributed by atoms with Gasteiger partial charge in [-0.15, -0.1) is 0 Å². The highest BCUT2D eigenvalue weighted by Crippen LogP contribution is 2.17. The minimum Gasteiger partial charge on any atom is -0.374 e. The molecule has 0 fully saturated rings. The summed E-state index contributed by atoms with van der Waals surface area (Å²) in [6.45, 7) is 1.61. The van der Waals surface area contributed by atoms with E-state index in [4.69, 9.17) is 0 Å². The number of hydrogen-bond donors (Lipinski definition) is 2. The molecule has 0 bridgehead atoms. The van der Waals surface area contributed by atoms with Crippen molar-refractivity contribution in [3.05, 3.63) is 59.7 Å². The lowest BCUT2D eigenvalue weighted by Crippen LogP contribution is -2.32. The lowest BCUT2D eigenvalue weighted by molar-refractivity contribution is -0.128. The van der Waals surface area contributed by atoms with Crippen LogP contribution in [-0.2, 0) is 16.0 Å². The fraction of sp³-hybridized carbons (Fsp3) is 0.263. The first kappa shape index (κ1) is 19.4. The third kappa shape index (κ3) is 5.27. The number of halogens is 2. The van der Waals surface area contributed by atoms with Crippen LogP contribution < -0.4 is 10.6 Å². The summed E-state index contributed by atoms with van der Waals surface area (Å²) in [6.07, 6.45) is 0.294. The number of anilines is 2. The van der Waals surface area contributed by atoms with Crippen LogP contribution >= 0.6 is 0 Å². The number of amides is 2. The molecule has 0 heterocycles. The van der Waals surface area contributed by atoms with E-state index in [0.29, 0.717) is 12.1 Å². The second-order valence-electron chi connectivity index (χ2n) is 6.14. The van der Waals surface area contributed by atoms with Gasteiger partial charge < -0.3 is 15.5 Å². The Morgan fingerprint density at radius 1 is 1.08 bits per heavy atom. The Morgan fingerprint density at radius 3 is 2.35 bits per heavy atom. The second-order valence-corrected chi connectivity index (χ2v) is 6.14. The SMILES string of the molecule is C[C@H](Nc1ccc(CC(=O)N(C)C)cc1)C(=O)Nc1cc(F)ccc1F. The fourth-order valence-corrected chi connectivity index (χ4v) is 2.20. The average Bonchev–Trinajstić information content (AvgIpc) is 2.59. The maximum atomic E-state index is 13.6. The minimum absolute atomic E-state index is 0.00410. The monoisotopic (exact) mass is 361 g/mol. The van der Waals surface area contributed by atoms with Crippen molar-refractivity contribution in [1.29, 1.82) is 0 Å². The van der Waals surface area contributed by atoms with Gasteiger partial charge in [-0.3, -0.25) is 9.59 Å². The third-order valence-electron chi connectivity index (χ3n) is 3.77. The van der Waals surface area contributed by atoms with Gasteiger partial charge in [0.1, 0.15) is 17.7 Å². The molecule has 0 aliphatic heterocycles. The van der Waals surface area contributed by atoms with Gasteiger partial charge in [-0.05, 0) is 36.8 Å². The minimum atomic E-state index is -0.707. The van der Waals surface area contributed by atoms with Gasteiger partial charge in [0.15, 0.2) is 0 Å². The molecule has 138 valence electrons. The summed E-state index contributed by atoms with van der Waals surface area (Å²) in [5, 5.41) is 5.33. The van der Waals surface area contributed by atoms with Crippen molar-refractivity contribution in [3.63, 3.8) is 0 Å². The highest BCUT2D eigenvalue weighted by molar-refractivity contribution is 5.96. The molecule has 2 N–H and O–H groups in total. The van der Waals surface area contributed by atoms with E-state index >= 15 is 0 Å². The van der Waals surface area contributed by atoms with Crippen molar-refractivity contribution >= 4 is 23.2 Å². The number of hydrogen-bond acceptors (Lipinski definition) is 3. The van der Waals surface area contributed by atoms with Gasteiger partial charge in [0.05, 0.1) is 12.1 Å². The summed E-state index contributed by atoms with van der Waals surface area (Å²) in [5.74, 6) is -1.84. The van der Waals surface area contributed by atoms with Gasteiger partial charge in [-0.2, -0.15) is 0 Å². The van der Waals surface area contributed by atoms with Crippen molar-refractivity contribution in [2.75, 3.05) is 24.7 Å². The molecule has 0 saturated carbocycles. The zero-order valence-corrected chi connectivity index (χ0v) is 14.8. The van der Waals surface area contributed by atoms with E-state index in [2.05, 4.69) is 10.6 Å². The zero-order valence-electron chi connectivity index (χ0n) is 14.8. The van der Waals surface area contributed by atoms with E-state index in [1.165, 1.54) is 4.90 Å². The normalized spacial score (nSPS) is 11.6. The average molecular weight is 361 g/mol. The van der Waals surface area contributed by atoms with Gasteiger partial charge >= 0.3 is 0 Å². The van der Waals surface area contributed by atoms with Crippen molar-refractivity contribution in [2.24, 2.45) is 0 Å². The van der Waals surface area contributed by atoms with E-state index in [0.717, 1.165) is 23.8 Å². The van der Waals surface area contributed by atoms with Crippen LogP contribution in [0.1, 0.15) is 12.5 Å². The molecule has 0 aliphatic rings. The maximum Gasteiger partial charge on any atom is 0.246 e. The fourth-order valence-electron chi connectivity index (χ4n) is 2.20. The number of carbonyl (C=O) groups excluding carboxylic acids is 2. The third-order valence-corrected chi connectivity index (χ3v) is 3.77. The number of benzene rings is 2. The van der Waals surface area contributed by atoms with Crippen molar-refractivity contribution < 1.29 is 18.4 Å². The van der Waals surface area contributed by atoms with Crippen LogP contribution in [0.2, 0.25) is 0 Å². The van der Waals surface area contributed by atoms with Crippen LogP contribution in [0.4, 0.5) is 20.2 Å². The summed E-state index contributed by atoms with van der Waals surface area (Å²) in [5.41, 5.74) is 1.32. The first-order chi connectivity index (χ1) is 12.3. The number of likely N-dealkylation sites (N-methyl/N-ethyl adjacent to an activating group) is 1. The molecule has 0 aliphatic carbocycles. The van der Waals surface area contributed by atoms with Crippen LogP contribution in [0.25, 0.3) is 0 Å². The highest BCUT2D eigenvalue weighted by atomic mass is 19.1.